The van der Waals surface area contributed by atoms with Gasteiger partial charge in [0, 0.05) is 5.02 Å². The average Bonchev–Trinajstić information content (AvgIpc) is 3.52. The molecule has 2 aliphatic heterocycles. The molecule has 2 aliphatic rings. The van der Waals surface area contributed by atoms with Crippen LogP contribution in [0.15, 0.2) is 103 Å². The van der Waals surface area contributed by atoms with Gasteiger partial charge in [-0.25, -0.2) is 0 Å². The molecule has 1 N–H and O–H groups in total. The summed E-state index contributed by atoms with van der Waals surface area (Å²) in [5.74, 6) is 0.387. The zero-order valence-electron chi connectivity index (χ0n) is 20.0. The molecule has 4 aromatic carbocycles. The van der Waals surface area contributed by atoms with Crippen molar-refractivity contribution >= 4 is 56.7 Å². The molecule has 3 atom stereocenters. The zero-order chi connectivity index (χ0) is 26.3. The molecule has 0 saturated carbocycles. The number of ether oxygens (including phenoxy) is 1. The third kappa shape index (κ3) is 5.00. The third-order valence-corrected chi connectivity index (χ3v) is 10.7. The first kappa shape index (κ1) is 25.2. The van der Waals surface area contributed by atoms with Crippen molar-refractivity contribution in [1.82, 2.24) is 0 Å². The molecule has 0 spiro atoms. The van der Waals surface area contributed by atoms with Crippen LogP contribution in [0.5, 0.6) is 11.5 Å². The van der Waals surface area contributed by atoms with E-state index in [9.17, 15) is 13.5 Å². The summed E-state index contributed by atoms with van der Waals surface area (Å²) in [6.45, 7) is 0. The van der Waals surface area contributed by atoms with Crippen LogP contribution in [-0.2, 0) is 14.9 Å². The zero-order valence-corrected chi connectivity index (χ0v) is 23.3. The van der Waals surface area contributed by atoms with E-state index in [1.807, 2.05) is 42.5 Å². The van der Waals surface area contributed by atoms with Gasteiger partial charge in [0.15, 0.2) is 0 Å². The summed E-state index contributed by atoms with van der Waals surface area (Å²) in [6.07, 6.45) is -0.789. The standard InChI is InChI=1S/C30H23ClO5SSe/c31-21-10-14-23(15-11-21)36-37(33,34)27-18-26-28(19-6-12-22(32)13-7-19)29(30(27)35-26)20-8-16-25(17-9-20)38-24-4-2-1-3-5-24/h1-17,26-27,30,32H,18H2. The van der Waals surface area contributed by atoms with E-state index in [2.05, 4.69) is 24.3 Å². The molecule has 192 valence electrons. The molecule has 5 nitrogen and oxygen atoms in total. The molecule has 0 aromatic heterocycles. The van der Waals surface area contributed by atoms with Crippen molar-refractivity contribution in [3.63, 3.8) is 0 Å². The van der Waals surface area contributed by atoms with Gasteiger partial charge >= 0.3 is 217 Å². The molecule has 2 heterocycles. The number of aromatic hydroxyl groups is 1. The fourth-order valence-corrected chi connectivity index (χ4v) is 8.31. The van der Waals surface area contributed by atoms with Crippen molar-refractivity contribution < 1.29 is 22.4 Å². The van der Waals surface area contributed by atoms with E-state index >= 15 is 0 Å². The van der Waals surface area contributed by atoms with E-state index in [-0.39, 0.29) is 32.9 Å². The van der Waals surface area contributed by atoms with Gasteiger partial charge in [-0.05, 0) is 0 Å². The Labute approximate surface area is 233 Å². The molecular formula is C30H23ClO5SSe. The number of fused-ring (bicyclic) bond motifs is 2. The first-order chi connectivity index (χ1) is 18.4. The number of phenolic OH excluding ortho intramolecular Hbond substituents is 1. The minimum absolute atomic E-state index is 0.164. The van der Waals surface area contributed by atoms with E-state index in [1.165, 1.54) is 8.92 Å². The summed E-state index contributed by atoms with van der Waals surface area (Å²) in [4.78, 5) is 0. The number of rotatable bonds is 7. The number of hydrogen-bond donors (Lipinski definition) is 1. The van der Waals surface area contributed by atoms with Gasteiger partial charge < -0.3 is 0 Å². The molecule has 38 heavy (non-hydrogen) atoms. The van der Waals surface area contributed by atoms with E-state index in [4.69, 9.17) is 20.5 Å². The van der Waals surface area contributed by atoms with Crippen LogP contribution in [0.1, 0.15) is 17.5 Å². The Morgan fingerprint density at radius 1 is 0.789 bits per heavy atom. The van der Waals surface area contributed by atoms with Crippen LogP contribution >= 0.6 is 11.6 Å². The van der Waals surface area contributed by atoms with Crippen molar-refractivity contribution in [1.29, 1.82) is 0 Å². The van der Waals surface area contributed by atoms with Crippen molar-refractivity contribution in [2.45, 2.75) is 23.9 Å². The van der Waals surface area contributed by atoms with Crippen LogP contribution < -0.4 is 13.1 Å². The number of phenols is 1. The van der Waals surface area contributed by atoms with Crippen molar-refractivity contribution in [3.8, 4) is 11.5 Å². The second-order valence-electron chi connectivity index (χ2n) is 9.16. The summed E-state index contributed by atoms with van der Waals surface area (Å²) in [5.41, 5.74) is 3.62. The maximum absolute atomic E-state index is 13.4. The number of halogens is 1. The summed E-state index contributed by atoms with van der Waals surface area (Å²) >= 11 is 6.11. The predicted octanol–water partition coefficient (Wildman–Crippen LogP) is 4.56. The topological polar surface area (TPSA) is 72.8 Å². The van der Waals surface area contributed by atoms with Crippen LogP contribution in [0.2, 0.25) is 5.02 Å². The average molecular weight is 610 g/mol. The van der Waals surface area contributed by atoms with Crippen LogP contribution in [0, 0.1) is 0 Å². The first-order valence-corrected chi connectivity index (χ1v) is 15.6. The van der Waals surface area contributed by atoms with E-state index in [0.717, 1.165) is 22.3 Å². The molecule has 8 heteroatoms. The predicted molar refractivity (Wildman–Crippen MR) is 151 cm³/mol. The Hall–Kier alpha value is -3.06. The van der Waals surface area contributed by atoms with E-state index in [0.29, 0.717) is 5.02 Å². The molecule has 3 unspecified atom stereocenters. The van der Waals surface area contributed by atoms with Crippen LogP contribution in [0.4, 0.5) is 0 Å². The van der Waals surface area contributed by atoms with Gasteiger partial charge in [-0.2, -0.15) is 0 Å². The fraction of sp³-hybridized carbons (Fsp3) is 0.133. The quantitative estimate of drug-likeness (QED) is 0.246. The monoisotopic (exact) mass is 610 g/mol. The molecule has 0 aliphatic carbocycles. The Morgan fingerprint density at radius 3 is 2.08 bits per heavy atom. The van der Waals surface area contributed by atoms with Crippen molar-refractivity contribution in [2.75, 3.05) is 0 Å². The van der Waals surface area contributed by atoms with Gasteiger partial charge in [0.25, 0.3) is 0 Å². The van der Waals surface area contributed by atoms with Gasteiger partial charge in [0.05, 0.1) is 0 Å². The number of benzene rings is 4. The molecule has 1 fully saturated rings. The Kier molecular flexibility index (Phi) is 6.81. The van der Waals surface area contributed by atoms with Gasteiger partial charge in [-0.1, -0.05) is 11.6 Å². The summed E-state index contributed by atoms with van der Waals surface area (Å²) in [6, 6.07) is 31.9. The van der Waals surface area contributed by atoms with Gasteiger partial charge in [-0.15, -0.1) is 0 Å². The third-order valence-electron chi connectivity index (χ3n) is 6.71. The molecule has 2 bridgehead atoms. The van der Waals surface area contributed by atoms with E-state index in [1.54, 1.807) is 36.4 Å². The Bertz CT molecular complexity index is 1590. The van der Waals surface area contributed by atoms with Crippen molar-refractivity contribution in [2.24, 2.45) is 0 Å². The van der Waals surface area contributed by atoms with Crippen LogP contribution in [-0.4, -0.2) is 45.9 Å². The Morgan fingerprint density at radius 2 is 1.39 bits per heavy atom. The fourth-order valence-electron chi connectivity index (χ4n) is 5.01. The molecule has 6 rings (SSSR count). The summed E-state index contributed by atoms with van der Waals surface area (Å²) in [5, 5.41) is 9.47. The number of hydrogen-bond acceptors (Lipinski definition) is 5. The maximum atomic E-state index is 13.4. The molecule has 0 radical (unpaired) electrons. The normalized spacial score (nSPS) is 20.6. The SMILES string of the molecule is O=S(=O)(Oc1ccc(Cl)cc1)C1CC2OC1C(c1ccc([Se]c3ccccc3)cc1)=C2c1ccc(O)cc1. The second-order valence-corrected chi connectivity index (χ2v) is 13.8. The Balaban J connectivity index is 1.36. The first-order valence-electron chi connectivity index (χ1n) is 12.1. The molecule has 1 saturated heterocycles. The summed E-state index contributed by atoms with van der Waals surface area (Å²) < 4.78 is 41.1. The summed E-state index contributed by atoms with van der Waals surface area (Å²) in [7, 11) is -4.00. The molecule has 0 amide bonds. The van der Waals surface area contributed by atoms with Gasteiger partial charge in [-0.3, -0.25) is 0 Å². The second kappa shape index (κ2) is 10.2. The van der Waals surface area contributed by atoms with Crippen LogP contribution in [0.3, 0.4) is 0 Å². The molecular weight excluding hydrogens is 587 g/mol. The van der Waals surface area contributed by atoms with Crippen molar-refractivity contribution in [3.05, 3.63) is 119 Å². The van der Waals surface area contributed by atoms with E-state index < -0.39 is 27.6 Å². The van der Waals surface area contributed by atoms with Gasteiger partial charge in [0.1, 0.15) is 0 Å². The van der Waals surface area contributed by atoms with Crippen LogP contribution in [0.25, 0.3) is 11.1 Å². The minimum atomic E-state index is -4.00. The van der Waals surface area contributed by atoms with Gasteiger partial charge in [0.2, 0.25) is 0 Å². The molecule has 4 aromatic rings.